The van der Waals surface area contributed by atoms with Crippen molar-refractivity contribution in [1.29, 1.82) is 0 Å². The molecule has 1 aromatic rings. The summed E-state index contributed by atoms with van der Waals surface area (Å²) in [4.78, 5) is 25.0. The van der Waals surface area contributed by atoms with Crippen molar-refractivity contribution < 1.29 is 24.2 Å². The minimum absolute atomic E-state index is 0.0144. The Morgan fingerprint density at radius 2 is 1.86 bits per heavy atom. The third-order valence-electron chi connectivity index (χ3n) is 6.56. The number of rotatable bonds is 9. The van der Waals surface area contributed by atoms with Crippen LogP contribution < -0.4 is 10.1 Å². The summed E-state index contributed by atoms with van der Waals surface area (Å²) in [6.45, 7) is 1.76. The molecule has 0 bridgehead atoms. The minimum atomic E-state index is -0.893. The molecule has 1 aromatic carbocycles. The second-order valence-electron chi connectivity index (χ2n) is 8.27. The molecule has 4 atom stereocenters. The zero-order chi connectivity index (χ0) is 20.3. The van der Waals surface area contributed by atoms with Gasteiger partial charge in [0.2, 0.25) is 5.91 Å². The fraction of sp³-hybridized carbons (Fsp3) is 0.636. The molecule has 4 unspecified atom stereocenters. The molecule has 0 aliphatic heterocycles. The van der Waals surface area contributed by atoms with E-state index >= 15 is 0 Å². The zero-order valence-corrected chi connectivity index (χ0v) is 16.9. The van der Waals surface area contributed by atoms with Crippen molar-refractivity contribution in [2.45, 2.75) is 63.5 Å². The van der Waals surface area contributed by atoms with Gasteiger partial charge in [0.05, 0.1) is 24.5 Å². The Kier molecular flexibility index (Phi) is 6.28. The van der Waals surface area contributed by atoms with Crippen LogP contribution in [0.2, 0.25) is 0 Å². The normalized spacial score (nSPS) is 25.0. The van der Waals surface area contributed by atoms with E-state index in [2.05, 4.69) is 5.32 Å². The predicted molar refractivity (Wildman–Crippen MR) is 105 cm³/mol. The molecule has 0 spiro atoms. The van der Waals surface area contributed by atoms with Crippen LogP contribution in [0, 0.1) is 11.3 Å². The number of amides is 1. The van der Waals surface area contributed by atoms with Crippen LogP contribution in [0.1, 0.15) is 56.9 Å². The first kappa shape index (κ1) is 20.6. The Morgan fingerprint density at radius 3 is 2.39 bits per heavy atom. The average molecular weight is 389 g/mol. The van der Waals surface area contributed by atoms with Gasteiger partial charge < -0.3 is 19.9 Å². The van der Waals surface area contributed by atoms with Crippen molar-refractivity contribution in [3.63, 3.8) is 0 Å². The molecule has 2 saturated carbocycles. The molecule has 28 heavy (non-hydrogen) atoms. The molecule has 6 heteroatoms. The molecule has 2 fully saturated rings. The summed E-state index contributed by atoms with van der Waals surface area (Å²) in [7, 11) is 3.16. The second-order valence-corrected chi connectivity index (χ2v) is 8.27. The molecular weight excluding hydrogens is 358 g/mol. The molecule has 0 aromatic heterocycles. The van der Waals surface area contributed by atoms with E-state index < -0.39 is 23.4 Å². The summed E-state index contributed by atoms with van der Waals surface area (Å²) in [5.41, 5.74) is 0.603. The molecule has 2 N–H and O–H groups in total. The Balaban J connectivity index is 1.66. The number of carbonyl (C=O) groups is 2. The van der Waals surface area contributed by atoms with Crippen molar-refractivity contribution in [2.75, 3.05) is 14.2 Å². The number of aliphatic carboxylic acids is 1. The molecule has 2 aliphatic rings. The third kappa shape index (κ3) is 4.32. The van der Waals surface area contributed by atoms with Crippen LogP contribution in [-0.4, -0.2) is 43.3 Å². The molecule has 6 nitrogen and oxygen atoms in total. The second kappa shape index (κ2) is 8.52. The zero-order valence-electron chi connectivity index (χ0n) is 16.9. The van der Waals surface area contributed by atoms with Gasteiger partial charge in [-0.25, -0.2) is 0 Å². The molecule has 1 amide bonds. The number of hydrogen-bond donors (Lipinski definition) is 2. The lowest BCUT2D eigenvalue weighted by Gasteiger charge is -2.32. The van der Waals surface area contributed by atoms with Crippen LogP contribution in [0.4, 0.5) is 0 Å². The number of methoxy groups -OCH3 is 2. The van der Waals surface area contributed by atoms with Gasteiger partial charge >= 0.3 is 5.97 Å². The number of hydrogen-bond acceptors (Lipinski definition) is 4. The summed E-state index contributed by atoms with van der Waals surface area (Å²) in [5, 5.41) is 12.8. The van der Waals surface area contributed by atoms with Gasteiger partial charge in [-0.2, -0.15) is 0 Å². The smallest absolute Gasteiger partial charge is 0.309 e. The van der Waals surface area contributed by atoms with Crippen molar-refractivity contribution in [3.8, 4) is 5.75 Å². The summed E-state index contributed by atoms with van der Waals surface area (Å²) < 4.78 is 10.5. The highest BCUT2D eigenvalue weighted by atomic mass is 16.5. The number of benzene rings is 1. The van der Waals surface area contributed by atoms with E-state index in [1.54, 1.807) is 14.0 Å². The van der Waals surface area contributed by atoms with Crippen LogP contribution in [0.5, 0.6) is 5.75 Å². The quantitative estimate of drug-likeness (QED) is 0.677. The SMILES string of the molecule is COc1ccc(C2CC2NC(=O)C2(CC(C(=O)O)C(C)OC)CCCC2)cc1. The Morgan fingerprint density at radius 1 is 1.21 bits per heavy atom. The van der Waals surface area contributed by atoms with Gasteiger partial charge in [-0.3, -0.25) is 9.59 Å². The maximum atomic E-state index is 13.2. The lowest BCUT2D eigenvalue weighted by Crippen LogP contribution is -2.44. The molecule has 0 heterocycles. The predicted octanol–water partition coefficient (Wildman–Crippen LogP) is 3.35. The van der Waals surface area contributed by atoms with Crippen LogP contribution in [0.3, 0.4) is 0 Å². The largest absolute Gasteiger partial charge is 0.497 e. The number of carboxylic acid groups (broad SMARTS) is 1. The van der Waals surface area contributed by atoms with E-state index in [1.807, 2.05) is 24.3 Å². The Hall–Kier alpha value is -2.08. The number of carboxylic acids is 1. The monoisotopic (exact) mass is 389 g/mol. The maximum Gasteiger partial charge on any atom is 0.309 e. The van der Waals surface area contributed by atoms with Crippen molar-refractivity contribution in [3.05, 3.63) is 29.8 Å². The van der Waals surface area contributed by atoms with E-state index in [0.717, 1.165) is 37.9 Å². The average Bonchev–Trinajstić information content (AvgIpc) is 3.29. The first-order chi connectivity index (χ1) is 13.4. The molecular formula is C22H31NO5. The topological polar surface area (TPSA) is 84.9 Å². The van der Waals surface area contributed by atoms with Gasteiger partial charge in [0.1, 0.15) is 5.75 Å². The van der Waals surface area contributed by atoms with Crippen molar-refractivity contribution >= 4 is 11.9 Å². The van der Waals surface area contributed by atoms with E-state index in [9.17, 15) is 14.7 Å². The summed E-state index contributed by atoms with van der Waals surface area (Å²) >= 11 is 0. The van der Waals surface area contributed by atoms with Crippen LogP contribution >= 0.6 is 0 Å². The fourth-order valence-corrected chi connectivity index (χ4v) is 4.51. The summed E-state index contributed by atoms with van der Waals surface area (Å²) in [6.07, 6.45) is 4.27. The Labute approximate surface area is 166 Å². The van der Waals surface area contributed by atoms with Gasteiger partial charge in [-0.05, 0) is 50.3 Å². The van der Waals surface area contributed by atoms with Gasteiger partial charge in [-0.15, -0.1) is 0 Å². The van der Waals surface area contributed by atoms with Crippen LogP contribution in [0.25, 0.3) is 0 Å². The van der Waals surface area contributed by atoms with Gasteiger partial charge in [0.15, 0.2) is 0 Å². The molecule has 154 valence electrons. The standard InChI is InChI=1S/C22H31NO5/c1-14(27-2)18(20(24)25)13-22(10-4-5-11-22)21(26)23-19-12-17(19)15-6-8-16(28-3)9-7-15/h6-9,14,17-19H,4-5,10-13H2,1-3H3,(H,23,26)(H,24,25). The van der Waals surface area contributed by atoms with E-state index in [4.69, 9.17) is 9.47 Å². The summed E-state index contributed by atoms with van der Waals surface area (Å²) in [6, 6.07) is 8.09. The molecule has 3 rings (SSSR count). The third-order valence-corrected chi connectivity index (χ3v) is 6.56. The molecule has 0 radical (unpaired) electrons. The van der Waals surface area contributed by atoms with Crippen LogP contribution in [0.15, 0.2) is 24.3 Å². The lowest BCUT2D eigenvalue weighted by molar-refractivity contribution is -0.149. The number of ether oxygens (including phenoxy) is 2. The highest BCUT2D eigenvalue weighted by Crippen LogP contribution is 2.47. The van der Waals surface area contributed by atoms with Crippen LogP contribution in [-0.2, 0) is 14.3 Å². The number of nitrogens with one attached hydrogen (secondary N) is 1. The van der Waals surface area contributed by atoms with Gasteiger partial charge in [0, 0.05) is 19.1 Å². The number of carbonyl (C=O) groups excluding carboxylic acids is 1. The van der Waals surface area contributed by atoms with Crippen molar-refractivity contribution in [1.82, 2.24) is 5.32 Å². The molecule has 0 saturated heterocycles. The first-order valence-corrected chi connectivity index (χ1v) is 10.1. The van der Waals surface area contributed by atoms with E-state index in [1.165, 1.54) is 12.7 Å². The van der Waals surface area contributed by atoms with Gasteiger partial charge in [0.25, 0.3) is 0 Å². The van der Waals surface area contributed by atoms with E-state index in [0.29, 0.717) is 12.3 Å². The van der Waals surface area contributed by atoms with Crippen molar-refractivity contribution in [2.24, 2.45) is 11.3 Å². The lowest BCUT2D eigenvalue weighted by atomic mass is 9.75. The molecule has 2 aliphatic carbocycles. The van der Waals surface area contributed by atoms with Gasteiger partial charge in [-0.1, -0.05) is 25.0 Å². The minimum Gasteiger partial charge on any atom is -0.497 e. The highest BCUT2D eigenvalue weighted by molar-refractivity contribution is 5.84. The maximum absolute atomic E-state index is 13.2. The van der Waals surface area contributed by atoms with E-state index in [-0.39, 0.29) is 11.9 Å². The highest BCUT2D eigenvalue weighted by Gasteiger charge is 2.48. The first-order valence-electron chi connectivity index (χ1n) is 10.1. The summed E-state index contributed by atoms with van der Waals surface area (Å²) in [5.74, 6) is -0.412. The Bertz CT molecular complexity index is 695. The fourth-order valence-electron chi connectivity index (χ4n) is 4.51.